The Morgan fingerprint density at radius 1 is 1.06 bits per heavy atom. The van der Waals surface area contributed by atoms with Crippen LogP contribution in [0.3, 0.4) is 0 Å². The van der Waals surface area contributed by atoms with Crippen molar-refractivity contribution in [3.8, 4) is 0 Å². The van der Waals surface area contributed by atoms with Gasteiger partial charge in [0.1, 0.15) is 0 Å². The molecule has 0 spiro atoms. The number of allylic oxidation sites excluding steroid dienone is 2. The molecule has 0 heterocycles. The summed E-state index contributed by atoms with van der Waals surface area (Å²) in [6.07, 6.45) is 13.4. The quantitative estimate of drug-likeness (QED) is 0.316. The summed E-state index contributed by atoms with van der Waals surface area (Å²) >= 11 is 0. The molecule has 0 aromatic carbocycles. The molecule has 0 unspecified atom stereocenters. The van der Waals surface area contributed by atoms with Crippen molar-refractivity contribution < 1.29 is 9.53 Å². The molecule has 0 amide bonds. The van der Waals surface area contributed by atoms with E-state index in [1.54, 1.807) is 0 Å². The normalized spacial score (nSPS) is 10.9. The molecule has 0 saturated carbocycles. The van der Waals surface area contributed by atoms with Crippen LogP contribution in [0.4, 0.5) is 0 Å². The zero-order valence-corrected chi connectivity index (χ0v) is 10.8. The van der Waals surface area contributed by atoms with Gasteiger partial charge in [-0.15, -0.1) is 0 Å². The molecule has 2 nitrogen and oxygen atoms in total. The van der Waals surface area contributed by atoms with E-state index in [4.69, 9.17) is 4.74 Å². The van der Waals surface area contributed by atoms with Gasteiger partial charge in [-0.25, -0.2) is 0 Å². The van der Waals surface area contributed by atoms with Crippen LogP contribution in [0.15, 0.2) is 12.2 Å². The third-order valence-corrected chi connectivity index (χ3v) is 2.54. The van der Waals surface area contributed by atoms with Crippen LogP contribution in [0.2, 0.25) is 0 Å². The summed E-state index contributed by atoms with van der Waals surface area (Å²) in [7, 11) is 0. The van der Waals surface area contributed by atoms with Gasteiger partial charge in [0.2, 0.25) is 0 Å². The van der Waals surface area contributed by atoms with Gasteiger partial charge >= 0.3 is 5.97 Å². The van der Waals surface area contributed by atoms with Crippen LogP contribution >= 0.6 is 0 Å². The lowest BCUT2D eigenvalue weighted by Crippen LogP contribution is -2.03. The fourth-order valence-electron chi connectivity index (χ4n) is 1.64. The standard InChI is InChI=1S/C14H26O2/c1-3-5-6-7-8-9-10-11-12-13-14(15)16-4-2/h3,5H,4,6-13H2,1-2H3. The van der Waals surface area contributed by atoms with Crippen LogP contribution < -0.4 is 0 Å². The summed E-state index contributed by atoms with van der Waals surface area (Å²) in [5.41, 5.74) is 0. The number of unbranched alkanes of at least 4 members (excludes halogenated alkanes) is 6. The van der Waals surface area contributed by atoms with E-state index in [2.05, 4.69) is 19.1 Å². The Balaban J connectivity index is 3.06. The van der Waals surface area contributed by atoms with Crippen LogP contribution in [0, 0.1) is 0 Å². The highest BCUT2D eigenvalue weighted by Gasteiger charge is 2.00. The molecule has 2 heteroatoms. The monoisotopic (exact) mass is 226 g/mol. The van der Waals surface area contributed by atoms with Gasteiger partial charge in [0.05, 0.1) is 6.61 Å². The molecule has 0 bridgehead atoms. The first-order valence-electron chi connectivity index (χ1n) is 6.58. The number of hydrogen-bond acceptors (Lipinski definition) is 2. The van der Waals surface area contributed by atoms with Gasteiger partial charge in [0.15, 0.2) is 0 Å². The molecule has 0 radical (unpaired) electrons. The fourth-order valence-corrected chi connectivity index (χ4v) is 1.64. The highest BCUT2D eigenvalue weighted by molar-refractivity contribution is 5.69. The Labute approximate surface area is 100 Å². The van der Waals surface area contributed by atoms with Gasteiger partial charge in [0, 0.05) is 6.42 Å². The van der Waals surface area contributed by atoms with Crippen molar-refractivity contribution in [2.24, 2.45) is 0 Å². The van der Waals surface area contributed by atoms with Crippen LogP contribution in [0.1, 0.15) is 65.2 Å². The lowest BCUT2D eigenvalue weighted by molar-refractivity contribution is -0.143. The second-order valence-corrected chi connectivity index (χ2v) is 4.03. The number of rotatable bonds is 10. The molecule has 0 N–H and O–H groups in total. The Bertz CT molecular complexity index is 185. The molecule has 0 saturated heterocycles. The third-order valence-electron chi connectivity index (χ3n) is 2.54. The molecule has 0 aliphatic rings. The van der Waals surface area contributed by atoms with Crippen LogP contribution in [-0.2, 0) is 9.53 Å². The van der Waals surface area contributed by atoms with Gasteiger partial charge in [-0.3, -0.25) is 4.79 Å². The van der Waals surface area contributed by atoms with E-state index in [0.717, 1.165) is 12.8 Å². The molecule has 0 fully saturated rings. The Hall–Kier alpha value is -0.790. The van der Waals surface area contributed by atoms with Crippen molar-refractivity contribution in [1.29, 1.82) is 0 Å². The van der Waals surface area contributed by atoms with E-state index < -0.39 is 0 Å². The number of hydrogen-bond donors (Lipinski definition) is 0. The van der Waals surface area contributed by atoms with Gasteiger partial charge in [-0.05, 0) is 33.1 Å². The fraction of sp³-hybridized carbons (Fsp3) is 0.786. The van der Waals surface area contributed by atoms with E-state index in [9.17, 15) is 4.79 Å². The molecule has 0 aliphatic carbocycles. The number of ether oxygens (including phenoxy) is 1. The van der Waals surface area contributed by atoms with Crippen LogP contribution in [0.5, 0.6) is 0 Å². The number of esters is 1. The Kier molecular flexibility index (Phi) is 11.7. The van der Waals surface area contributed by atoms with E-state index >= 15 is 0 Å². The summed E-state index contributed by atoms with van der Waals surface area (Å²) in [6.45, 7) is 4.42. The van der Waals surface area contributed by atoms with Crippen molar-refractivity contribution in [1.82, 2.24) is 0 Å². The zero-order valence-electron chi connectivity index (χ0n) is 10.8. The van der Waals surface area contributed by atoms with Crippen molar-refractivity contribution >= 4 is 5.97 Å². The van der Waals surface area contributed by atoms with E-state index in [1.807, 2.05) is 6.92 Å². The zero-order chi connectivity index (χ0) is 12.1. The van der Waals surface area contributed by atoms with Crippen molar-refractivity contribution in [3.05, 3.63) is 12.2 Å². The largest absolute Gasteiger partial charge is 0.466 e. The second-order valence-electron chi connectivity index (χ2n) is 4.03. The maximum atomic E-state index is 11.0. The first-order chi connectivity index (χ1) is 7.81. The minimum Gasteiger partial charge on any atom is -0.466 e. The minimum atomic E-state index is -0.0458. The smallest absolute Gasteiger partial charge is 0.305 e. The molecule has 94 valence electrons. The first-order valence-corrected chi connectivity index (χ1v) is 6.58. The predicted molar refractivity (Wildman–Crippen MR) is 68.4 cm³/mol. The first kappa shape index (κ1) is 15.2. The average Bonchev–Trinajstić information content (AvgIpc) is 2.27. The van der Waals surface area contributed by atoms with E-state index in [1.165, 1.54) is 32.1 Å². The Morgan fingerprint density at radius 3 is 2.31 bits per heavy atom. The lowest BCUT2D eigenvalue weighted by Gasteiger charge is -2.02. The highest BCUT2D eigenvalue weighted by Crippen LogP contribution is 2.09. The molecule has 0 aliphatic heterocycles. The van der Waals surface area contributed by atoms with Gasteiger partial charge in [0.25, 0.3) is 0 Å². The van der Waals surface area contributed by atoms with E-state index in [-0.39, 0.29) is 5.97 Å². The van der Waals surface area contributed by atoms with E-state index in [0.29, 0.717) is 13.0 Å². The average molecular weight is 226 g/mol. The molecule has 0 atom stereocenters. The summed E-state index contributed by atoms with van der Waals surface area (Å²) in [4.78, 5) is 11.0. The summed E-state index contributed by atoms with van der Waals surface area (Å²) in [5.74, 6) is -0.0458. The van der Waals surface area contributed by atoms with Crippen molar-refractivity contribution in [3.63, 3.8) is 0 Å². The highest BCUT2D eigenvalue weighted by atomic mass is 16.5. The van der Waals surface area contributed by atoms with Crippen LogP contribution in [0.25, 0.3) is 0 Å². The van der Waals surface area contributed by atoms with Gasteiger partial charge in [-0.1, -0.05) is 37.8 Å². The lowest BCUT2D eigenvalue weighted by atomic mass is 10.1. The minimum absolute atomic E-state index is 0.0458. The third kappa shape index (κ3) is 11.3. The Morgan fingerprint density at radius 2 is 1.69 bits per heavy atom. The maximum Gasteiger partial charge on any atom is 0.305 e. The molecule has 16 heavy (non-hydrogen) atoms. The topological polar surface area (TPSA) is 26.3 Å². The van der Waals surface area contributed by atoms with Crippen LogP contribution in [-0.4, -0.2) is 12.6 Å². The van der Waals surface area contributed by atoms with Gasteiger partial charge < -0.3 is 4.74 Å². The van der Waals surface area contributed by atoms with Crippen molar-refractivity contribution in [2.75, 3.05) is 6.61 Å². The molecule has 0 aromatic rings. The second kappa shape index (κ2) is 12.3. The SMILES string of the molecule is CC=CCCCCCCCCC(=O)OCC. The number of carbonyl (C=O) groups excluding carboxylic acids is 1. The van der Waals surface area contributed by atoms with Crippen molar-refractivity contribution in [2.45, 2.75) is 65.2 Å². The summed E-state index contributed by atoms with van der Waals surface area (Å²) in [5, 5.41) is 0. The summed E-state index contributed by atoms with van der Waals surface area (Å²) in [6, 6.07) is 0. The predicted octanol–water partition coefficient (Wildman–Crippen LogP) is 4.25. The molecular formula is C14H26O2. The molecule has 0 aromatic heterocycles. The maximum absolute atomic E-state index is 11.0. The molecule has 0 rings (SSSR count). The van der Waals surface area contributed by atoms with Gasteiger partial charge in [-0.2, -0.15) is 0 Å². The summed E-state index contributed by atoms with van der Waals surface area (Å²) < 4.78 is 4.87. The molecular weight excluding hydrogens is 200 g/mol. The number of carbonyl (C=O) groups is 1.